The van der Waals surface area contributed by atoms with Gasteiger partial charge in [0.05, 0.1) is 25.3 Å². The molecule has 14 heteroatoms. The van der Waals surface area contributed by atoms with E-state index in [4.69, 9.17) is 14.2 Å². The highest BCUT2D eigenvalue weighted by Gasteiger charge is 2.37. The van der Waals surface area contributed by atoms with Crippen LogP contribution in [0.2, 0.25) is 0 Å². The molecule has 51 heavy (non-hydrogen) atoms. The molecule has 6 atom stereocenters. The van der Waals surface area contributed by atoms with E-state index >= 15 is 0 Å². The summed E-state index contributed by atoms with van der Waals surface area (Å²) in [6.07, 6.45) is 5.48. The van der Waals surface area contributed by atoms with Gasteiger partial charge in [-0.25, -0.2) is 4.79 Å². The van der Waals surface area contributed by atoms with E-state index < -0.39 is 66.7 Å². The Morgan fingerprint density at radius 1 is 0.961 bits per heavy atom. The molecule has 0 spiro atoms. The number of carbonyl (C=O) groups excluding carboxylic acids is 5. The first kappa shape index (κ1) is 38.6. The number of ether oxygens (including phenoxy) is 3. The number of carbonyl (C=O) groups is 5. The molecule has 3 heterocycles. The Bertz CT molecular complexity index is 1300. The minimum absolute atomic E-state index is 0.00733. The lowest BCUT2D eigenvalue weighted by Crippen LogP contribution is -2.59. The number of rotatable bonds is 10. The molecule has 1 aliphatic carbocycles. The first-order chi connectivity index (χ1) is 24.7. The van der Waals surface area contributed by atoms with E-state index in [0.29, 0.717) is 65.1 Å². The normalized spacial score (nSPS) is 28.4. The number of cyclic esters (lactones) is 2. The van der Waals surface area contributed by atoms with Crippen molar-refractivity contribution in [1.82, 2.24) is 26.2 Å². The number of morpholine rings is 1. The maximum absolute atomic E-state index is 14.0. The third-order valence-electron chi connectivity index (χ3n) is 10.4. The zero-order valence-electron chi connectivity index (χ0n) is 29.5. The highest BCUT2D eigenvalue weighted by molar-refractivity contribution is 5.93. The number of esters is 2. The maximum Gasteiger partial charge on any atom is 0.337 e. The highest BCUT2D eigenvalue weighted by atomic mass is 16.6. The molecule has 4 aliphatic rings. The molecule has 5 rings (SSSR count). The van der Waals surface area contributed by atoms with Gasteiger partial charge in [0, 0.05) is 32.5 Å². The molecule has 0 bridgehead atoms. The lowest BCUT2D eigenvalue weighted by Gasteiger charge is -2.33. The van der Waals surface area contributed by atoms with Crippen molar-refractivity contribution in [2.24, 2.45) is 5.92 Å². The Hall–Kier alpha value is -3.59. The molecular weight excluding hydrogens is 658 g/mol. The standard InChI is InChI=1S/C37H55N5O9/c43-32-15-7-13-27(23-42-17-19-49-20-18-42)51-37(48)33(44)29(21-25-9-3-1-4-10-25)39-36(47)31(24-50-32)41-35(46)30(22-26-11-5-2-6-12-26)40-34(45)28-14-8-16-38-28/h2,5-6,11-12,25,27-31,33,38,44H,1,3-4,7-10,13-24H2,(H,39,47)(H,40,45)(H,41,46)/t27-,28+,29+,30+,31+,33-/m1/s1. The zero-order chi connectivity index (χ0) is 36.0. The SMILES string of the molecule is O=C1CCC[C@H](CN2CCOCC2)OC(=O)[C@H](O)[C@H](CC2CCCCC2)NC(=O)[C@@H](NC(=O)[C@H](Cc2ccccc2)NC(=O)[C@@H]2CCCN2)CO1. The summed E-state index contributed by atoms with van der Waals surface area (Å²) in [5.41, 5.74) is 0.806. The van der Waals surface area contributed by atoms with Crippen LogP contribution in [0.4, 0.5) is 0 Å². The van der Waals surface area contributed by atoms with Gasteiger partial charge in [-0.15, -0.1) is 0 Å². The molecule has 0 aromatic heterocycles. The van der Waals surface area contributed by atoms with Crippen molar-refractivity contribution in [2.75, 3.05) is 46.0 Å². The number of benzene rings is 1. The molecule has 282 valence electrons. The summed E-state index contributed by atoms with van der Waals surface area (Å²) in [6.45, 7) is 3.18. The average Bonchev–Trinajstić information content (AvgIpc) is 3.69. The summed E-state index contributed by atoms with van der Waals surface area (Å²) >= 11 is 0. The fourth-order valence-corrected chi connectivity index (χ4v) is 7.41. The third kappa shape index (κ3) is 12.3. The van der Waals surface area contributed by atoms with Gasteiger partial charge in [0.25, 0.3) is 0 Å². The van der Waals surface area contributed by atoms with Gasteiger partial charge in [-0.3, -0.25) is 24.1 Å². The number of hydrogen-bond donors (Lipinski definition) is 5. The number of amides is 3. The minimum Gasteiger partial charge on any atom is -0.463 e. The summed E-state index contributed by atoms with van der Waals surface area (Å²) < 4.78 is 16.9. The van der Waals surface area contributed by atoms with Crippen LogP contribution in [0.25, 0.3) is 0 Å². The summed E-state index contributed by atoms with van der Waals surface area (Å²) in [5, 5.41) is 23.0. The Kier molecular flexibility index (Phi) is 15.0. The average molecular weight is 714 g/mol. The molecular formula is C37H55N5O9. The second kappa shape index (κ2) is 19.9. The van der Waals surface area contributed by atoms with E-state index in [1.165, 1.54) is 0 Å². The molecule has 3 saturated heterocycles. The highest BCUT2D eigenvalue weighted by Crippen LogP contribution is 2.28. The number of aliphatic hydroxyl groups excluding tert-OH is 1. The summed E-state index contributed by atoms with van der Waals surface area (Å²) in [4.78, 5) is 69.5. The molecule has 3 amide bonds. The molecule has 5 N–H and O–H groups in total. The molecule has 0 unspecified atom stereocenters. The van der Waals surface area contributed by atoms with Crippen molar-refractivity contribution >= 4 is 29.7 Å². The monoisotopic (exact) mass is 713 g/mol. The van der Waals surface area contributed by atoms with Crippen LogP contribution in [-0.2, 0) is 44.6 Å². The van der Waals surface area contributed by atoms with E-state index in [0.717, 1.165) is 44.1 Å². The summed E-state index contributed by atoms with van der Waals surface area (Å²) in [7, 11) is 0. The van der Waals surface area contributed by atoms with E-state index in [2.05, 4.69) is 26.2 Å². The van der Waals surface area contributed by atoms with Gasteiger partial charge in [-0.05, 0) is 50.1 Å². The van der Waals surface area contributed by atoms with Gasteiger partial charge in [0.15, 0.2) is 6.10 Å². The predicted molar refractivity (Wildman–Crippen MR) is 186 cm³/mol. The quantitative estimate of drug-likeness (QED) is 0.216. The molecule has 1 aromatic carbocycles. The van der Waals surface area contributed by atoms with Gasteiger partial charge in [0.2, 0.25) is 17.7 Å². The molecule has 3 aliphatic heterocycles. The number of hydrogen-bond acceptors (Lipinski definition) is 11. The lowest BCUT2D eigenvalue weighted by atomic mass is 9.83. The first-order valence-electron chi connectivity index (χ1n) is 18.8. The van der Waals surface area contributed by atoms with Crippen LogP contribution < -0.4 is 21.3 Å². The van der Waals surface area contributed by atoms with Crippen LogP contribution in [0.5, 0.6) is 0 Å². The van der Waals surface area contributed by atoms with Gasteiger partial charge in [-0.1, -0.05) is 62.4 Å². The Labute approximate surface area is 300 Å². The fraction of sp³-hybridized carbons (Fsp3) is 0.703. The third-order valence-corrected chi connectivity index (χ3v) is 10.4. The Morgan fingerprint density at radius 2 is 1.73 bits per heavy atom. The van der Waals surface area contributed by atoms with Gasteiger partial charge in [-0.2, -0.15) is 0 Å². The smallest absolute Gasteiger partial charge is 0.337 e. The number of nitrogens with zero attached hydrogens (tertiary/aromatic N) is 1. The summed E-state index contributed by atoms with van der Waals surface area (Å²) in [5.74, 6) is -2.87. The van der Waals surface area contributed by atoms with Crippen molar-refractivity contribution in [1.29, 1.82) is 0 Å². The van der Waals surface area contributed by atoms with E-state index in [1.807, 2.05) is 30.3 Å². The maximum atomic E-state index is 14.0. The van der Waals surface area contributed by atoms with Gasteiger partial charge in [0.1, 0.15) is 24.8 Å². The topological polar surface area (TPSA) is 185 Å². The second-order valence-corrected chi connectivity index (χ2v) is 14.3. The van der Waals surface area contributed by atoms with Crippen LogP contribution in [0.1, 0.15) is 76.2 Å². The van der Waals surface area contributed by atoms with Gasteiger partial charge >= 0.3 is 11.9 Å². The molecule has 1 aromatic rings. The van der Waals surface area contributed by atoms with Crippen molar-refractivity contribution in [3.05, 3.63) is 35.9 Å². The van der Waals surface area contributed by atoms with Crippen LogP contribution in [0.3, 0.4) is 0 Å². The largest absolute Gasteiger partial charge is 0.463 e. The minimum atomic E-state index is -1.64. The van der Waals surface area contributed by atoms with Crippen LogP contribution in [-0.4, -0.2) is 122 Å². The van der Waals surface area contributed by atoms with E-state index in [1.54, 1.807) is 0 Å². The van der Waals surface area contributed by atoms with Crippen molar-refractivity contribution in [3.8, 4) is 0 Å². The first-order valence-corrected chi connectivity index (χ1v) is 18.8. The molecule has 4 fully saturated rings. The Balaban J connectivity index is 1.33. The van der Waals surface area contributed by atoms with Crippen molar-refractivity contribution in [2.45, 2.75) is 113 Å². The molecule has 1 saturated carbocycles. The second-order valence-electron chi connectivity index (χ2n) is 14.3. The number of aliphatic hydroxyl groups is 1. The van der Waals surface area contributed by atoms with Crippen molar-refractivity contribution < 1.29 is 43.3 Å². The Morgan fingerprint density at radius 3 is 2.45 bits per heavy atom. The van der Waals surface area contributed by atoms with Gasteiger partial charge < -0.3 is 40.6 Å². The number of nitrogens with one attached hydrogen (secondary N) is 4. The predicted octanol–water partition coefficient (Wildman–Crippen LogP) is 0.738. The van der Waals surface area contributed by atoms with Crippen molar-refractivity contribution in [3.63, 3.8) is 0 Å². The van der Waals surface area contributed by atoms with Crippen LogP contribution >= 0.6 is 0 Å². The fourth-order valence-electron chi connectivity index (χ4n) is 7.41. The van der Waals surface area contributed by atoms with Crippen LogP contribution in [0.15, 0.2) is 30.3 Å². The van der Waals surface area contributed by atoms with Crippen LogP contribution in [0, 0.1) is 5.92 Å². The zero-order valence-corrected chi connectivity index (χ0v) is 29.5. The summed E-state index contributed by atoms with van der Waals surface area (Å²) in [6, 6.07) is 5.41. The van der Waals surface area contributed by atoms with E-state index in [9.17, 15) is 29.1 Å². The van der Waals surface area contributed by atoms with E-state index in [-0.39, 0.29) is 24.7 Å². The lowest BCUT2D eigenvalue weighted by molar-refractivity contribution is -0.163. The molecule has 14 nitrogen and oxygen atoms in total. The molecule has 0 radical (unpaired) electrons.